The Morgan fingerprint density at radius 3 is 2.38 bits per heavy atom. The minimum absolute atomic E-state index is 0.0222. The molecule has 0 radical (unpaired) electrons. The van der Waals surface area contributed by atoms with E-state index in [-0.39, 0.29) is 12.3 Å². The number of fused-ring (bicyclic) bond motifs is 1. The quantitative estimate of drug-likeness (QED) is 0.936. The van der Waals surface area contributed by atoms with Gasteiger partial charge in [-0.1, -0.05) is 42.5 Å². The van der Waals surface area contributed by atoms with Crippen LogP contribution in [0.5, 0.6) is 0 Å². The van der Waals surface area contributed by atoms with Gasteiger partial charge in [-0.15, -0.1) is 0 Å². The molecule has 1 heterocycles. The van der Waals surface area contributed by atoms with Gasteiger partial charge in [-0.25, -0.2) is 0 Å². The van der Waals surface area contributed by atoms with E-state index in [1.807, 2.05) is 36.4 Å². The van der Waals surface area contributed by atoms with Crippen molar-refractivity contribution in [3.05, 3.63) is 70.8 Å². The van der Waals surface area contributed by atoms with E-state index in [9.17, 15) is 9.59 Å². The Balaban J connectivity index is 1.71. The lowest BCUT2D eigenvalue weighted by Crippen LogP contribution is -2.23. The maximum atomic E-state index is 12.3. The first-order chi connectivity index (χ1) is 10.1. The number of rotatable bonds is 4. The first-order valence-corrected chi connectivity index (χ1v) is 6.80. The van der Waals surface area contributed by atoms with E-state index in [0.717, 1.165) is 22.3 Å². The Morgan fingerprint density at radius 2 is 1.71 bits per heavy atom. The van der Waals surface area contributed by atoms with E-state index < -0.39 is 5.97 Å². The Hall–Kier alpha value is -2.62. The van der Waals surface area contributed by atoms with E-state index in [0.29, 0.717) is 13.1 Å². The highest BCUT2D eigenvalue weighted by atomic mass is 16.4. The van der Waals surface area contributed by atoms with Crippen LogP contribution in [0.25, 0.3) is 0 Å². The molecule has 1 aliphatic heterocycles. The summed E-state index contributed by atoms with van der Waals surface area (Å²) in [5.74, 6) is -0.784. The van der Waals surface area contributed by atoms with E-state index in [1.54, 1.807) is 17.0 Å². The number of nitrogens with zero attached hydrogens (tertiary/aromatic N) is 1. The van der Waals surface area contributed by atoms with Gasteiger partial charge in [0.25, 0.3) is 5.91 Å². The number of benzene rings is 2. The van der Waals surface area contributed by atoms with Crippen LogP contribution >= 0.6 is 0 Å². The topological polar surface area (TPSA) is 57.6 Å². The summed E-state index contributed by atoms with van der Waals surface area (Å²) in [6.07, 6.45) is 0.0222. The lowest BCUT2D eigenvalue weighted by Gasteiger charge is -2.15. The van der Waals surface area contributed by atoms with Crippen molar-refractivity contribution < 1.29 is 14.7 Å². The summed E-state index contributed by atoms with van der Waals surface area (Å²) in [7, 11) is 0. The van der Waals surface area contributed by atoms with Crippen molar-refractivity contribution in [1.29, 1.82) is 0 Å². The number of aliphatic carboxylic acids is 1. The molecule has 3 rings (SSSR count). The summed E-state index contributed by atoms with van der Waals surface area (Å²) in [5, 5.41) is 8.75. The first kappa shape index (κ1) is 13.4. The minimum Gasteiger partial charge on any atom is -0.481 e. The van der Waals surface area contributed by atoms with Crippen LogP contribution in [0, 0.1) is 0 Å². The highest BCUT2D eigenvalue weighted by Gasteiger charge is 2.26. The first-order valence-electron chi connectivity index (χ1n) is 6.80. The van der Waals surface area contributed by atoms with Crippen molar-refractivity contribution in [3.63, 3.8) is 0 Å². The molecular weight excluding hydrogens is 266 g/mol. The van der Waals surface area contributed by atoms with Gasteiger partial charge in [0.15, 0.2) is 0 Å². The van der Waals surface area contributed by atoms with Gasteiger partial charge in [0.1, 0.15) is 0 Å². The average molecular weight is 281 g/mol. The van der Waals surface area contributed by atoms with E-state index in [4.69, 9.17) is 5.11 Å². The van der Waals surface area contributed by atoms with Crippen LogP contribution in [-0.4, -0.2) is 21.9 Å². The van der Waals surface area contributed by atoms with Crippen molar-refractivity contribution in [2.45, 2.75) is 19.5 Å². The molecule has 0 aromatic heterocycles. The van der Waals surface area contributed by atoms with Crippen molar-refractivity contribution in [2.75, 3.05) is 0 Å². The number of carbonyl (C=O) groups is 2. The standard InChI is InChI=1S/C17H15NO3/c19-16(20)9-12-5-7-13(8-6-12)10-18-11-14-3-1-2-4-15(14)17(18)21/h1-8H,9-11H2,(H,19,20). The number of hydrogen-bond acceptors (Lipinski definition) is 2. The van der Waals surface area contributed by atoms with Gasteiger partial charge in [0.2, 0.25) is 0 Å². The van der Waals surface area contributed by atoms with Crippen molar-refractivity contribution in [3.8, 4) is 0 Å². The van der Waals surface area contributed by atoms with Gasteiger partial charge in [0, 0.05) is 18.7 Å². The maximum absolute atomic E-state index is 12.3. The molecule has 0 aliphatic carbocycles. The highest BCUT2D eigenvalue weighted by molar-refractivity contribution is 5.98. The van der Waals surface area contributed by atoms with Gasteiger partial charge in [-0.2, -0.15) is 0 Å². The molecule has 0 saturated heterocycles. The predicted octanol–water partition coefficient (Wildman–Crippen LogP) is 2.47. The fraction of sp³-hybridized carbons (Fsp3) is 0.176. The molecule has 1 aliphatic rings. The van der Waals surface area contributed by atoms with Crippen molar-refractivity contribution >= 4 is 11.9 Å². The van der Waals surface area contributed by atoms with Gasteiger partial charge < -0.3 is 10.0 Å². The fourth-order valence-corrected chi connectivity index (χ4v) is 2.60. The Morgan fingerprint density at radius 1 is 1.05 bits per heavy atom. The minimum atomic E-state index is -0.840. The van der Waals surface area contributed by atoms with Crippen LogP contribution in [0.4, 0.5) is 0 Å². The second kappa shape index (κ2) is 5.40. The molecule has 4 heteroatoms. The molecule has 0 spiro atoms. The average Bonchev–Trinajstić information content (AvgIpc) is 2.78. The summed E-state index contributed by atoms with van der Waals surface area (Å²) >= 11 is 0. The van der Waals surface area contributed by atoms with Crippen LogP contribution in [-0.2, 0) is 24.3 Å². The molecule has 0 fully saturated rings. The second-order valence-corrected chi connectivity index (χ2v) is 5.21. The SMILES string of the molecule is O=C(O)Cc1ccc(CN2Cc3ccccc3C2=O)cc1. The molecule has 1 amide bonds. The van der Waals surface area contributed by atoms with Gasteiger partial charge >= 0.3 is 5.97 Å². The van der Waals surface area contributed by atoms with E-state index in [1.165, 1.54) is 0 Å². The highest BCUT2D eigenvalue weighted by Crippen LogP contribution is 2.24. The number of amides is 1. The third-order valence-electron chi connectivity index (χ3n) is 3.65. The maximum Gasteiger partial charge on any atom is 0.307 e. The van der Waals surface area contributed by atoms with Crippen LogP contribution in [0.1, 0.15) is 27.0 Å². The molecule has 106 valence electrons. The molecule has 21 heavy (non-hydrogen) atoms. The van der Waals surface area contributed by atoms with Gasteiger partial charge in [-0.05, 0) is 22.8 Å². The summed E-state index contributed by atoms with van der Waals surface area (Å²) in [6.45, 7) is 1.17. The Bertz CT molecular complexity index is 691. The van der Waals surface area contributed by atoms with Crippen molar-refractivity contribution in [1.82, 2.24) is 4.90 Å². The lowest BCUT2D eigenvalue weighted by molar-refractivity contribution is -0.136. The van der Waals surface area contributed by atoms with Crippen LogP contribution < -0.4 is 0 Å². The Labute approximate surface area is 122 Å². The van der Waals surface area contributed by atoms with Crippen LogP contribution in [0.2, 0.25) is 0 Å². The summed E-state index contributed by atoms with van der Waals surface area (Å²) in [5.41, 5.74) is 3.61. The number of carboxylic acid groups (broad SMARTS) is 1. The van der Waals surface area contributed by atoms with E-state index >= 15 is 0 Å². The fourth-order valence-electron chi connectivity index (χ4n) is 2.60. The molecular formula is C17H15NO3. The number of carboxylic acids is 1. The summed E-state index contributed by atoms with van der Waals surface area (Å²) in [6, 6.07) is 15.0. The third kappa shape index (κ3) is 2.79. The van der Waals surface area contributed by atoms with Gasteiger partial charge in [-0.3, -0.25) is 9.59 Å². The predicted molar refractivity (Wildman–Crippen MR) is 77.8 cm³/mol. The van der Waals surface area contributed by atoms with Crippen LogP contribution in [0.3, 0.4) is 0 Å². The Kier molecular flexibility index (Phi) is 3.44. The molecule has 1 N–H and O–H groups in total. The normalized spacial score (nSPS) is 13.3. The summed E-state index contributed by atoms with van der Waals surface area (Å²) in [4.78, 5) is 24.7. The molecule has 2 aromatic carbocycles. The number of carbonyl (C=O) groups excluding carboxylic acids is 1. The van der Waals surface area contributed by atoms with Gasteiger partial charge in [0.05, 0.1) is 6.42 Å². The van der Waals surface area contributed by atoms with Crippen LogP contribution in [0.15, 0.2) is 48.5 Å². The zero-order chi connectivity index (χ0) is 14.8. The molecule has 4 nitrogen and oxygen atoms in total. The molecule has 0 unspecified atom stereocenters. The molecule has 2 aromatic rings. The monoisotopic (exact) mass is 281 g/mol. The number of hydrogen-bond donors (Lipinski definition) is 1. The smallest absolute Gasteiger partial charge is 0.307 e. The second-order valence-electron chi connectivity index (χ2n) is 5.21. The lowest BCUT2D eigenvalue weighted by atomic mass is 10.1. The molecule has 0 atom stereocenters. The van der Waals surface area contributed by atoms with E-state index in [2.05, 4.69) is 0 Å². The molecule has 0 bridgehead atoms. The molecule has 0 saturated carbocycles. The largest absolute Gasteiger partial charge is 0.481 e. The summed E-state index contributed by atoms with van der Waals surface area (Å²) < 4.78 is 0. The van der Waals surface area contributed by atoms with Crippen molar-refractivity contribution in [2.24, 2.45) is 0 Å². The zero-order valence-corrected chi connectivity index (χ0v) is 11.5. The zero-order valence-electron chi connectivity index (χ0n) is 11.5. The third-order valence-corrected chi connectivity index (χ3v) is 3.65.